The summed E-state index contributed by atoms with van der Waals surface area (Å²) in [6.45, 7) is 2.20. The van der Waals surface area contributed by atoms with Gasteiger partial charge in [0.25, 0.3) is 0 Å². The minimum absolute atomic E-state index is 0.185. The van der Waals surface area contributed by atoms with E-state index in [1.165, 1.54) is 96.3 Å². The standard InChI is InChI=1S/C40H77O10P/c1-3-5-7-9-11-13-15-17-18-20-22-24-26-28-30-32-40(44)50-38(34-42)36-48-51(45,46)47-35-37(33-41)49-39(43)31-29-27-25-23-21-19-16-14-12-10-8-6-4-2/h17-18,37-38,41-42H,3-16,19-36H2,1-2H3,(H,45,46)/b18-17-/t37-,38-/m0/s1. The molecule has 0 saturated carbocycles. The monoisotopic (exact) mass is 749 g/mol. The number of aliphatic hydroxyl groups is 2. The molecule has 0 rings (SSSR count). The number of esters is 2. The first-order valence-corrected chi connectivity index (χ1v) is 22.1. The number of carbonyl (C=O) groups excluding carboxylic acids is 2. The highest BCUT2D eigenvalue weighted by molar-refractivity contribution is 7.47. The van der Waals surface area contributed by atoms with E-state index in [1.807, 2.05) is 0 Å². The summed E-state index contributed by atoms with van der Waals surface area (Å²) in [6.07, 6.45) is 33.2. The zero-order valence-corrected chi connectivity index (χ0v) is 33.5. The van der Waals surface area contributed by atoms with Crippen LogP contribution in [0.2, 0.25) is 0 Å². The molecule has 11 heteroatoms. The van der Waals surface area contributed by atoms with Crippen LogP contribution in [-0.4, -0.2) is 65.7 Å². The number of hydrogen-bond donors (Lipinski definition) is 3. The SMILES string of the molecule is CCCCCCCC/C=C\CCCCCCCC(=O)O[C@@H](CO)COP(=O)(O)OC[C@H](CO)OC(=O)CCCCCCCCCCCCCCC. The van der Waals surface area contributed by atoms with E-state index in [0.717, 1.165) is 57.8 Å². The lowest BCUT2D eigenvalue weighted by molar-refractivity contribution is -0.153. The zero-order valence-electron chi connectivity index (χ0n) is 32.6. The molecule has 0 aromatic heterocycles. The number of allylic oxidation sites excluding steroid dienone is 2. The molecule has 0 aliphatic heterocycles. The quantitative estimate of drug-likeness (QED) is 0.0240. The molecule has 0 aromatic carbocycles. The van der Waals surface area contributed by atoms with Gasteiger partial charge in [-0.1, -0.05) is 154 Å². The fourth-order valence-electron chi connectivity index (χ4n) is 5.76. The van der Waals surface area contributed by atoms with E-state index >= 15 is 0 Å². The van der Waals surface area contributed by atoms with E-state index in [9.17, 15) is 29.3 Å². The van der Waals surface area contributed by atoms with Gasteiger partial charge in [0.2, 0.25) is 0 Å². The van der Waals surface area contributed by atoms with Crippen LogP contribution in [0.5, 0.6) is 0 Å². The Hall–Kier alpha value is -1.29. The van der Waals surface area contributed by atoms with E-state index in [4.69, 9.17) is 18.5 Å². The average molecular weight is 749 g/mol. The van der Waals surface area contributed by atoms with E-state index in [1.54, 1.807) is 0 Å². The Labute approximate surface area is 311 Å². The van der Waals surface area contributed by atoms with Gasteiger partial charge >= 0.3 is 19.8 Å². The Morgan fingerprint density at radius 3 is 1.12 bits per heavy atom. The molecule has 0 fully saturated rings. The first-order valence-electron chi connectivity index (χ1n) is 20.6. The third kappa shape index (κ3) is 35.5. The highest BCUT2D eigenvalue weighted by Gasteiger charge is 2.27. The lowest BCUT2D eigenvalue weighted by Gasteiger charge is -2.20. The summed E-state index contributed by atoms with van der Waals surface area (Å²) >= 11 is 0. The number of aliphatic hydroxyl groups excluding tert-OH is 2. The molecule has 0 amide bonds. The molecular formula is C40H77O10P. The van der Waals surface area contributed by atoms with Crippen LogP contribution in [0.3, 0.4) is 0 Å². The third-order valence-corrected chi connectivity index (χ3v) is 9.93. The van der Waals surface area contributed by atoms with Crippen molar-refractivity contribution in [3.05, 3.63) is 12.2 Å². The highest BCUT2D eigenvalue weighted by Crippen LogP contribution is 2.43. The first-order chi connectivity index (χ1) is 24.8. The van der Waals surface area contributed by atoms with Gasteiger partial charge < -0.3 is 24.6 Å². The van der Waals surface area contributed by atoms with Crippen LogP contribution in [0.25, 0.3) is 0 Å². The van der Waals surface area contributed by atoms with Crippen molar-refractivity contribution in [3.8, 4) is 0 Å². The van der Waals surface area contributed by atoms with Crippen molar-refractivity contribution >= 4 is 19.8 Å². The minimum Gasteiger partial charge on any atom is -0.457 e. The molecule has 0 radical (unpaired) electrons. The van der Waals surface area contributed by atoms with Crippen LogP contribution in [0.1, 0.15) is 194 Å². The molecule has 0 saturated heterocycles. The topological polar surface area (TPSA) is 149 Å². The van der Waals surface area contributed by atoms with Crippen LogP contribution in [0, 0.1) is 0 Å². The van der Waals surface area contributed by atoms with E-state index in [0.29, 0.717) is 12.8 Å². The maximum Gasteiger partial charge on any atom is 0.472 e. The molecule has 3 N–H and O–H groups in total. The van der Waals surface area contributed by atoms with Crippen LogP contribution >= 0.6 is 7.82 Å². The molecular weight excluding hydrogens is 671 g/mol. The fraction of sp³-hybridized carbons (Fsp3) is 0.900. The average Bonchev–Trinajstić information content (AvgIpc) is 3.12. The van der Waals surface area contributed by atoms with Gasteiger partial charge in [-0.3, -0.25) is 18.6 Å². The molecule has 10 nitrogen and oxygen atoms in total. The summed E-state index contributed by atoms with van der Waals surface area (Å²) in [5.74, 6) is -1.02. The number of carbonyl (C=O) groups is 2. The molecule has 0 spiro atoms. The molecule has 302 valence electrons. The van der Waals surface area contributed by atoms with Crippen molar-refractivity contribution in [1.82, 2.24) is 0 Å². The number of phosphoric acid groups is 1. The number of phosphoric ester groups is 1. The van der Waals surface area contributed by atoms with Crippen molar-refractivity contribution in [3.63, 3.8) is 0 Å². The van der Waals surface area contributed by atoms with Crippen molar-refractivity contribution in [1.29, 1.82) is 0 Å². The summed E-state index contributed by atoms with van der Waals surface area (Å²) in [5, 5.41) is 19.1. The first kappa shape index (κ1) is 49.7. The van der Waals surface area contributed by atoms with Crippen molar-refractivity contribution in [2.75, 3.05) is 26.4 Å². The molecule has 0 heterocycles. The van der Waals surface area contributed by atoms with Gasteiger partial charge in [0, 0.05) is 12.8 Å². The van der Waals surface area contributed by atoms with Crippen molar-refractivity contribution < 1.29 is 47.8 Å². The van der Waals surface area contributed by atoms with Gasteiger partial charge in [0.1, 0.15) is 12.2 Å². The van der Waals surface area contributed by atoms with Crippen LogP contribution in [0.4, 0.5) is 0 Å². The summed E-state index contributed by atoms with van der Waals surface area (Å²) < 4.78 is 32.5. The Bertz CT molecular complexity index is 868. The molecule has 0 aromatic rings. The lowest BCUT2D eigenvalue weighted by Crippen LogP contribution is -2.28. The van der Waals surface area contributed by atoms with Crippen LogP contribution in [0.15, 0.2) is 12.2 Å². The Morgan fingerprint density at radius 2 is 0.804 bits per heavy atom. The molecule has 0 bridgehead atoms. The molecule has 1 unspecified atom stereocenters. The summed E-state index contributed by atoms with van der Waals surface area (Å²) in [6, 6.07) is 0. The Morgan fingerprint density at radius 1 is 0.510 bits per heavy atom. The minimum atomic E-state index is -4.63. The predicted molar refractivity (Wildman–Crippen MR) is 205 cm³/mol. The number of ether oxygens (including phenoxy) is 2. The second-order valence-corrected chi connectivity index (χ2v) is 15.4. The summed E-state index contributed by atoms with van der Waals surface area (Å²) in [5.41, 5.74) is 0. The largest absolute Gasteiger partial charge is 0.472 e. The van der Waals surface area contributed by atoms with E-state index in [2.05, 4.69) is 26.0 Å². The smallest absolute Gasteiger partial charge is 0.457 e. The van der Waals surface area contributed by atoms with Gasteiger partial charge in [-0.2, -0.15) is 0 Å². The Balaban J connectivity index is 3.94. The normalized spacial score (nSPS) is 14.1. The van der Waals surface area contributed by atoms with Crippen molar-refractivity contribution in [2.45, 2.75) is 206 Å². The number of rotatable bonds is 39. The number of unbranched alkanes of at least 4 members (excludes halogenated alkanes) is 23. The van der Waals surface area contributed by atoms with Crippen molar-refractivity contribution in [2.24, 2.45) is 0 Å². The van der Waals surface area contributed by atoms with Gasteiger partial charge in [0.05, 0.1) is 26.4 Å². The van der Waals surface area contributed by atoms with E-state index < -0.39 is 58.4 Å². The second-order valence-electron chi connectivity index (χ2n) is 14.0. The van der Waals surface area contributed by atoms with Crippen LogP contribution in [-0.2, 0) is 32.7 Å². The summed E-state index contributed by atoms with van der Waals surface area (Å²) in [4.78, 5) is 34.4. The van der Waals surface area contributed by atoms with Gasteiger partial charge in [-0.15, -0.1) is 0 Å². The molecule has 0 aliphatic rings. The lowest BCUT2D eigenvalue weighted by atomic mass is 10.0. The molecule has 0 aliphatic carbocycles. The summed E-state index contributed by atoms with van der Waals surface area (Å²) in [7, 11) is -4.63. The number of hydrogen-bond acceptors (Lipinski definition) is 9. The Kier molecular flexibility index (Phi) is 36.1. The third-order valence-electron chi connectivity index (χ3n) is 8.98. The predicted octanol–water partition coefficient (Wildman–Crippen LogP) is 10.4. The maximum atomic E-state index is 12.3. The molecule has 51 heavy (non-hydrogen) atoms. The zero-order chi connectivity index (χ0) is 37.7. The highest BCUT2D eigenvalue weighted by atomic mass is 31.2. The fourth-order valence-corrected chi connectivity index (χ4v) is 6.54. The van der Waals surface area contributed by atoms with E-state index in [-0.39, 0.29) is 12.8 Å². The second kappa shape index (κ2) is 37.0. The molecule has 3 atom stereocenters. The van der Waals surface area contributed by atoms with Gasteiger partial charge in [-0.05, 0) is 38.5 Å². The maximum absolute atomic E-state index is 12.3. The van der Waals surface area contributed by atoms with Crippen LogP contribution < -0.4 is 0 Å². The van der Waals surface area contributed by atoms with Gasteiger partial charge in [0.15, 0.2) is 0 Å². The van der Waals surface area contributed by atoms with Gasteiger partial charge in [-0.25, -0.2) is 4.57 Å².